The molecule has 31 heavy (non-hydrogen) atoms. The van der Waals surface area contributed by atoms with Gasteiger partial charge in [-0.3, -0.25) is 4.79 Å². The summed E-state index contributed by atoms with van der Waals surface area (Å²) < 4.78 is 37.5. The van der Waals surface area contributed by atoms with Crippen molar-refractivity contribution in [3.8, 4) is 40.4 Å². The number of nitrogens with one attached hydrogen (secondary N) is 1. The SMILES string of the molecule is COc1cc(OC)c(NC(=O)c2ccc(Oc3ccc(OC)c(OC)c3)o2)c(OC)c1. The van der Waals surface area contributed by atoms with Crippen LogP contribution in [0.25, 0.3) is 0 Å². The molecule has 3 rings (SSSR count). The molecule has 1 N–H and O–H groups in total. The second kappa shape index (κ2) is 9.66. The molecule has 9 heteroatoms. The van der Waals surface area contributed by atoms with Crippen LogP contribution in [0.3, 0.4) is 0 Å². The van der Waals surface area contributed by atoms with Crippen molar-refractivity contribution in [2.75, 3.05) is 40.9 Å². The molecule has 0 unspecified atom stereocenters. The summed E-state index contributed by atoms with van der Waals surface area (Å²) in [4.78, 5) is 12.7. The minimum Gasteiger partial charge on any atom is -0.496 e. The van der Waals surface area contributed by atoms with Crippen LogP contribution in [0.2, 0.25) is 0 Å². The zero-order valence-electron chi connectivity index (χ0n) is 17.8. The smallest absolute Gasteiger partial charge is 0.291 e. The summed E-state index contributed by atoms with van der Waals surface area (Å²) in [6.45, 7) is 0. The van der Waals surface area contributed by atoms with E-state index in [9.17, 15) is 4.79 Å². The molecule has 3 aromatic rings. The van der Waals surface area contributed by atoms with E-state index in [1.165, 1.54) is 40.6 Å². The first-order valence-electron chi connectivity index (χ1n) is 9.14. The molecule has 164 valence electrons. The number of anilines is 1. The van der Waals surface area contributed by atoms with Gasteiger partial charge in [-0.25, -0.2) is 0 Å². The second-order valence-corrected chi connectivity index (χ2v) is 6.10. The van der Waals surface area contributed by atoms with Crippen molar-refractivity contribution in [2.45, 2.75) is 0 Å². The summed E-state index contributed by atoms with van der Waals surface area (Å²) in [7, 11) is 7.55. The van der Waals surface area contributed by atoms with E-state index in [0.29, 0.717) is 40.2 Å². The molecule has 2 aromatic carbocycles. The molecule has 1 aromatic heterocycles. The largest absolute Gasteiger partial charge is 0.496 e. The van der Waals surface area contributed by atoms with E-state index in [0.717, 1.165) is 0 Å². The second-order valence-electron chi connectivity index (χ2n) is 6.10. The van der Waals surface area contributed by atoms with Gasteiger partial charge in [0.15, 0.2) is 17.3 Å². The zero-order chi connectivity index (χ0) is 22.4. The van der Waals surface area contributed by atoms with Crippen LogP contribution < -0.4 is 33.7 Å². The number of ether oxygens (including phenoxy) is 6. The zero-order valence-corrected chi connectivity index (χ0v) is 17.8. The van der Waals surface area contributed by atoms with E-state index in [1.54, 1.807) is 37.4 Å². The molecule has 0 spiro atoms. The number of amides is 1. The quantitative estimate of drug-likeness (QED) is 0.536. The minimum absolute atomic E-state index is 0.0374. The number of hydrogen-bond acceptors (Lipinski definition) is 8. The van der Waals surface area contributed by atoms with Gasteiger partial charge in [-0.05, 0) is 18.2 Å². The standard InChI is InChI=1S/C22H23NO8/c1-25-14-11-18(28-4)21(19(12-14)29-5)23-22(24)16-8-9-20(31-16)30-13-6-7-15(26-2)17(10-13)27-3/h6-12H,1-5H3,(H,23,24). The fraction of sp³-hybridized carbons (Fsp3) is 0.227. The lowest BCUT2D eigenvalue weighted by molar-refractivity contribution is 0.0991. The Kier molecular flexibility index (Phi) is 6.76. The Bertz CT molecular complexity index is 1030. The molecule has 1 amide bonds. The average Bonchev–Trinajstić information content (AvgIpc) is 3.27. The lowest BCUT2D eigenvalue weighted by atomic mass is 10.2. The van der Waals surface area contributed by atoms with Crippen LogP contribution in [0.1, 0.15) is 10.6 Å². The van der Waals surface area contributed by atoms with Crippen LogP contribution in [-0.2, 0) is 0 Å². The molecule has 0 radical (unpaired) electrons. The van der Waals surface area contributed by atoms with E-state index in [1.807, 2.05) is 0 Å². The molecule has 0 bridgehead atoms. The molecule has 0 saturated carbocycles. The van der Waals surface area contributed by atoms with Crippen LogP contribution >= 0.6 is 0 Å². The summed E-state index contributed by atoms with van der Waals surface area (Å²) in [6, 6.07) is 11.3. The summed E-state index contributed by atoms with van der Waals surface area (Å²) >= 11 is 0. The average molecular weight is 429 g/mol. The van der Waals surface area contributed by atoms with Crippen LogP contribution in [-0.4, -0.2) is 41.5 Å². The maximum absolute atomic E-state index is 12.7. The third-order valence-electron chi connectivity index (χ3n) is 4.33. The highest BCUT2D eigenvalue weighted by molar-refractivity contribution is 6.04. The molecule has 0 aliphatic carbocycles. The van der Waals surface area contributed by atoms with Gasteiger partial charge >= 0.3 is 0 Å². The minimum atomic E-state index is -0.510. The van der Waals surface area contributed by atoms with Crippen molar-refractivity contribution in [1.29, 1.82) is 0 Å². The van der Waals surface area contributed by atoms with E-state index in [-0.39, 0.29) is 11.7 Å². The third kappa shape index (κ3) is 4.77. The van der Waals surface area contributed by atoms with Crippen molar-refractivity contribution in [3.63, 3.8) is 0 Å². The van der Waals surface area contributed by atoms with Crippen LogP contribution in [0.15, 0.2) is 46.9 Å². The Morgan fingerprint density at radius 1 is 0.710 bits per heavy atom. The van der Waals surface area contributed by atoms with Gasteiger partial charge in [-0.15, -0.1) is 0 Å². The van der Waals surface area contributed by atoms with Gasteiger partial charge in [0.1, 0.15) is 28.7 Å². The van der Waals surface area contributed by atoms with E-state index >= 15 is 0 Å². The van der Waals surface area contributed by atoms with Crippen LogP contribution in [0, 0.1) is 0 Å². The van der Waals surface area contributed by atoms with E-state index < -0.39 is 5.91 Å². The van der Waals surface area contributed by atoms with E-state index in [2.05, 4.69) is 5.32 Å². The monoisotopic (exact) mass is 429 g/mol. The molecular weight excluding hydrogens is 406 g/mol. The predicted molar refractivity (Wildman–Crippen MR) is 112 cm³/mol. The van der Waals surface area contributed by atoms with Gasteiger partial charge in [0.2, 0.25) is 0 Å². The van der Waals surface area contributed by atoms with Crippen molar-refractivity contribution in [3.05, 3.63) is 48.2 Å². The Morgan fingerprint density at radius 3 is 1.90 bits per heavy atom. The molecule has 0 aliphatic rings. The lowest BCUT2D eigenvalue weighted by Crippen LogP contribution is -2.13. The number of hydrogen-bond donors (Lipinski definition) is 1. The first-order chi connectivity index (χ1) is 15.0. The van der Waals surface area contributed by atoms with Crippen molar-refractivity contribution >= 4 is 11.6 Å². The van der Waals surface area contributed by atoms with Crippen molar-refractivity contribution in [1.82, 2.24) is 0 Å². The number of rotatable bonds is 9. The maximum atomic E-state index is 12.7. The Morgan fingerprint density at radius 2 is 1.32 bits per heavy atom. The fourth-order valence-corrected chi connectivity index (χ4v) is 2.80. The maximum Gasteiger partial charge on any atom is 0.291 e. The summed E-state index contributed by atoms with van der Waals surface area (Å²) in [6.07, 6.45) is 0. The lowest BCUT2D eigenvalue weighted by Gasteiger charge is -2.15. The highest BCUT2D eigenvalue weighted by Crippen LogP contribution is 2.39. The highest BCUT2D eigenvalue weighted by atomic mass is 16.6. The van der Waals surface area contributed by atoms with E-state index in [4.69, 9.17) is 32.8 Å². The number of carbonyl (C=O) groups is 1. The summed E-state index contributed by atoms with van der Waals surface area (Å²) in [5, 5.41) is 2.73. The number of furan rings is 1. The molecule has 9 nitrogen and oxygen atoms in total. The van der Waals surface area contributed by atoms with Gasteiger partial charge in [-0.2, -0.15) is 0 Å². The van der Waals surface area contributed by atoms with Gasteiger partial charge in [0, 0.05) is 24.3 Å². The fourth-order valence-electron chi connectivity index (χ4n) is 2.80. The number of methoxy groups -OCH3 is 5. The highest BCUT2D eigenvalue weighted by Gasteiger charge is 2.19. The van der Waals surface area contributed by atoms with Gasteiger partial charge in [0.05, 0.1) is 35.5 Å². The Hall–Kier alpha value is -4.01. The molecular formula is C22H23NO8. The van der Waals surface area contributed by atoms with Crippen molar-refractivity contribution in [2.24, 2.45) is 0 Å². The Balaban J connectivity index is 1.78. The van der Waals surface area contributed by atoms with Crippen LogP contribution in [0.5, 0.6) is 40.4 Å². The third-order valence-corrected chi connectivity index (χ3v) is 4.33. The van der Waals surface area contributed by atoms with Crippen LogP contribution in [0.4, 0.5) is 5.69 Å². The molecule has 0 saturated heterocycles. The predicted octanol–water partition coefficient (Wildman–Crippen LogP) is 4.37. The van der Waals surface area contributed by atoms with Crippen molar-refractivity contribution < 1.29 is 37.6 Å². The van der Waals surface area contributed by atoms with Gasteiger partial charge in [0.25, 0.3) is 11.9 Å². The summed E-state index contributed by atoms with van der Waals surface area (Å²) in [5.74, 6) is 2.45. The normalized spacial score (nSPS) is 10.2. The van der Waals surface area contributed by atoms with Gasteiger partial charge < -0.3 is 38.2 Å². The number of carbonyl (C=O) groups excluding carboxylic acids is 1. The van der Waals surface area contributed by atoms with Gasteiger partial charge in [-0.1, -0.05) is 0 Å². The number of benzene rings is 2. The first-order valence-corrected chi connectivity index (χ1v) is 9.14. The molecule has 0 fully saturated rings. The first kappa shape index (κ1) is 21.7. The molecule has 1 heterocycles. The topological polar surface area (TPSA) is 97.6 Å². The Labute approximate surface area is 179 Å². The molecule has 0 aliphatic heterocycles. The molecule has 0 atom stereocenters. The summed E-state index contributed by atoms with van der Waals surface area (Å²) in [5.41, 5.74) is 0.342.